The summed E-state index contributed by atoms with van der Waals surface area (Å²) in [5.41, 5.74) is 1.85. The first kappa shape index (κ1) is 19.3. The van der Waals surface area contributed by atoms with Gasteiger partial charge in [0.05, 0.1) is 14.2 Å². The summed E-state index contributed by atoms with van der Waals surface area (Å²) < 4.78 is 10.5. The topological polar surface area (TPSA) is 101 Å². The Kier molecular flexibility index (Phi) is 5.54. The van der Waals surface area contributed by atoms with E-state index in [1.165, 1.54) is 14.2 Å². The van der Waals surface area contributed by atoms with Crippen molar-refractivity contribution in [2.75, 3.05) is 19.5 Å². The van der Waals surface area contributed by atoms with Crippen molar-refractivity contribution in [3.63, 3.8) is 0 Å². The average molecular weight is 382 g/mol. The molecule has 1 atom stereocenters. The van der Waals surface area contributed by atoms with Gasteiger partial charge in [-0.25, -0.2) is 4.79 Å². The molecule has 28 heavy (non-hydrogen) atoms. The number of aliphatic carboxylic acids is 1. The lowest BCUT2D eigenvalue weighted by Crippen LogP contribution is -2.20. The van der Waals surface area contributed by atoms with Crippen LogP contribution in [0.25, 0.3) is 10.8 Å². The average Bonchev–Trinajstić information content (AvgIpc) is 2.71. The van der Waals surface area contributed by atoms with Crippen LogP contribution in [0.2, 0.25) is 0 Å². The molecule has 1 heterocycles. The molecule has 0 aliphatic carbocycles. The molecule has 0 aliphatic heterocycles. The predicted octanol–water partition coefficient (Wildman–Crippen LogP) is 3.35. The lowest BCUT2D eigenvalue weighted by molar-refractivity contribution is -0.138. The number of aromatic nitrogens is 1. The molecule has 146 valence electrons. The standard InChI is InChI=1S/C21H22N2O5/c1-4-12-11-22-20(24)16-10-14(6-7-15(12)16)23-19(21(25)26)13-5-8-17(27-2)18(9-13)28-3/h5-11,19,23H,4H2,1-3H3,(H,22,24)(H,25,26). The van der Waals surface area contributed by atoms with Gasteiger partial charge in [-0.2, -0.15) is 0 Å². The molecule has 3 N–H and O–H groups in total. The van der Waals surface area contributed by atoms with E-state index in [1.54, 1.807) is 36.5 Å². The number of nitrogens with one attached hydrogen (secondary N) is 2. The maximum Gasteiger partial charge on any atom is 0.330 e. The third kappa shape index (κ3) is 3.64. The Morgan fingerprint density at radius 1 is 1.11 bits per heavy atom. The number of carboxylic acid groups (broad SMARTS) is 1. The summed E-state index contributed by atoms with van der Waals surface area (Å²) >= 11 is 0. The molecule has 0 bridgehead atoms. The van der Waals surface area contributed by atoms with Crippen LogP contribution in [0.15, 0.2) is 47.4 Å². The van der Waals surface area contributed by atoms with E-state index < -0.39 is 12.0 Å². The second-order valence-electron chi connectivity index (χ2n) is 6.29. The van der Waals surface area contributed by atoms with Crippen molar-refractivity contribution < 1.29 is 19.4 Å². The number of aromatic amines is 1. The summed E-state index contributed by atoms with van der Waals surface area (Å²) in [7, 11) is 3.01. The summed E-state index contributed by atoms with van der Waals surface area (Å²) in [5.74, 6) is -0.0983. The van der Waals surface area contributed by atoms with E-state index in [0.29, 0.717) is 28.1 Å². The predicted molar refractivity (Wildman–Crippen MR) is 107 cm³/mol. The van der Waals surface area contributed by atoms with E-state index in [4.69, 9.17) is 9.47 Å². The highest BCUT2D eigenvalue weighted by Crippen LogP contribution is 2.32. The SMILES string of the molecule is CCc1c[nH]c(=O)c2cc(NC(C(=O)O)c3ccc(OC)c(OC)c3)ccc12. The lowest BCUT2D eigenvalue weighted by Gasteiger charge is -2.18. The van der Waals surface area contributed by atoms with Crippen LogP contribution < -0.4 is 20.3 Å². The highest BCUT2D eigenvalue weighted by molar-refractivity contribution is 5.88. The van der Waals surface area contributed by atoms with Crippen LogP contribution in [0.4, 0.5) is 5.69 Å². The molecular formula is C21H22N2O5. The fraction of sp³-hybridized carbons (Fsp3) is 0.238. The molecule has 0 amide bonds. The molecule has 0 fully saturated rings. The van der Waals surface area contributed by atoms with E-state index in [1.807, 2.05) is 13.0 Å². The number of ether oxygens (including phenoxy) is 2. The number of rotatable bonds is 7. The molecule has 0 aliphatic rings. The first-order chi connectivity index (χ1) is 13.5. The number of carbonyl (C=O) groups is 1. The van der Waals surface area contributed by atoms with Crippen LogP contribution in [-0.4, -0.2) is 30.3 Å². The molecule has 0 saturated carbocycles. The number of anilines is 1. The first-order valence-corrected chi connectivity index (χ1v) is 8.84. The first-order valence-electron chi connectivity index (χ1n) is 8.84. The van der Waals surface area contributed by atoms with Crippen molar-refractivity contribution >= 4 is 22.4 Å². The Balaban J connectivity index is 2.01. The third-order valence-electron chi connectivity index (χ3n) is 4.67. The number of pyridine rings is 1. The summed E-state index contributed by atoms with van der Waals surface area (Å²) in [6.07, 6.45) is 2.49. The highest BCUT2D eigenvalue weighted by Gasteiger charge is 2.22. The minimum atomic E-state index is -1.05. The van der Waals surface area contributed by atoms with Gasteiger partial charge in [0.2, 0.25) is 0 Å². The fourth-order valence-corrected chi connectivity index (χ4v) is 3.19. The second kappa shape index (κ2) is 8.04. The maximum absolute atomic E-state index is 12.2. The number of benzene rings is 2. The van der Waals surface area contributed by atoms with Crippen LogP contribution in [-0.2, 0) is 11.2 Å². The van der Waals surface area contributed by atoms with Crippen LogP contribution in [0.5, 0.6) is 11.5 Å². The van der Waals surface area contributed by atoms with Gasteiger partial charge >= 0.3 is 5.97 Å². The fourth-order valence-electron chi connectivity index (χ4n) is 3.19. The number of carboxylic acids is 1. The summed E-state index contributed by atoms with van der Waals surface area (Å²) in [6.45, 7) is 2.01. The van der Waals surface area contributed by atoms with Crippen LogP contribution in [0.3, 0.4) is 0 Å². The largest absolute Gasteiger partial charge is 0.493 e. The molecule has 1 unspecified atom stereocenters. The molecular weight excluding hydrogens is 360 g/mol. The van der Waals surface area contributed by atoms with Gasteiger partial charge in [0.1, 0.15) is 0 Å². The second-order valence-corrected chi connectivity index (χ2v) is 6.29. The number of methoxy groups -OCH3 is 2. The van der Waals surface area contributed by atoms with Gasteiger partial charge < -0.3 is 24.9 Å². The molecule has 2 aromatic carbocycles. The van der Waals surface area contributed by atoms with Crippen molar-refractivity contribution in [3.8, 4) is 11.5 Å². The summed E-state index contributed by atoms with van der Waals surface area (Å²) in [6, 6.07) is 9.19. The number of hydrogen-bond acceptors (Lipinski definition) is 5. The molecule has 1 aromatic heterocycles. The molecule has 3 rings (SSSR count). The quantitative estimate of drug-likeness (QED) is 0.579. The van der Waals surface area contributed by atoms with Crippen LogP contribution in [0, 0.1) is 0 Å². The van der Waals surface area contributed by atoms with Crippen LogP contribution in [0.1, 0.15) is 24.1 Å². The number of fused-ring (bicyclic) bond motifs is 1. The van der Waals surface area contributed by atoms with Gasteiger partial charge in [-0.1, -0.05) is 19.1 Å². The van der Waals surface area contributed by atoms with Crippen molar-refractivity contribution in [1.29, 1.82) is 0 Å². The van der Waals surface area contributed by atoms with Crippen LogP contribution >= 0.6 is 0 Å². The van der Waals surface area contributed by atoms with Crippen molar-refractivity contribution in [3.05, 3.63) is 64.1 Å². The van der Waals surface area contributed by atoms with E-state index in [0.717, 1.165) is 17.4 Å². The smallest absolute Gasteiger partial charge is 0.330 e. The van der Waals surface area contributed by atoms with Gasteiger partial charge in [-0.05, 0) is 47.2 Å². The number of hydrogen-bond donors (Lipinski definition) is 3. The molecule has 3 aromatic rings. The Morgan fingerprint density at radius 3 is 2.50 bits per heavy atom. The Morgan fingerprint density at radius 2 is 1.86 bits per heavy atom. The Bertz CT molecular complexity index is 1070. The third-order valence-corrected chi connectivity index (χ3v) is 4.67. The van der Waals surface area contributed by atoms with Gasteiger partial charge in [0.25, 0.3) is 5.56 Å². The van der Waals surface area contributed by atoms with E-state index in [-0.39, 0.29) is 5.56 Å². The van der Waals surface area contributed by atoms with Gasteiger partial charge in [0.15, 0.2) is 17.5 Å². The summed E-state index contributed by atoms with van der Waals surface area (Å²) in [5, 5.41) is 14.1. The number of H-pyrrole nitrogens is 1. The normalized spacial score (nSPS) is 11.8. The highest BCUT2D eigenvalue weighted by atomic mass is 16.5. The minimum Gasteiger partial charge on any atom is -0.493 e. The van der Waals surface area contributed by atoms with Gasteiger partial charge in [0, 0.05) is 17.3 Å². The lowest BCUT2D eigenvalue weighted by atomic mass is 10.0. The van der Waals surface area contributed by atoms with Crippen molar-refractivity contribution in [2.24, 2.45) is 0 Å². The minimum absolute atomic E-state index is 0.214. The zero-order valence-corrected chi connectivity index (χ0v) is 15.9. The number of aryl methyl sites for hydroxylation is 1. The van der Waals surface area contributed by atoms with E-state index in [9.17, 15) is 14.7 Å². The Hall–Kier alpha value is -3.48. The zero-order chi connectivity index (χ0) is 20.3. The molecule has 0 spiro atoms. The Labute approximate surface area is 161 Å². The molecule has 7 nitrogen and oxygen atoms in total. The van der Waals surface area contributed by atoms with E-state index >= 15 is 0 Å². The van der Waals surface area contributed by atoms with Gasteiger partial charge in [-0.15, -0.1) is 0 Å². The zero-order valence-electron chi connectivity index (χ0n) is 15.9. The van der Waals surface area contributed by atoms with E-state index in [2.05, 4.69) is 10.3 Å². The van der Waals surface area contributed by atoms with Gasteiger partial charge in [-0.3, -0.25) is 4.79 Å². The maximum atomic E-state index is 12.2. The van der Waals surface area contributed by atoms with Crippen molar-refractivity contribution in [2.45, 2.75) is 19.4 Å². The monoisotopic (exact) mass is 382 g/mol. The van der Waals surface area contributed by atoms with Crippen molar-refractivity contribution in [1.82, 2.24) is 4.98 Å². The molecule has 0 saturated heterocycles. The molecule has 7 heteroatoms. The summed E-state index contributed by atoms with van der Waals surface area (Å²) in [4.78, 5) is 26.8. The molecule has 0 radical (unpaired) electrons.